The first-order valence-corrected chi connectivity index (χ1v) is 6.69. The molecule has 1 aromatic rings. The molecule has 2 rings (SSSR count). The van der Waals surface area contributed by atoms with Crippen molar-refractivity contribution in [3.8, 4) is 0 Å². The van der Waals surface area contributed by atoms with Crippen LogP contribution in [0.4, 0.5) is 0 Å². The first-order chi connectivity index (χ1) is 9.23. The molecule has 104 valence electrons. The number of methoxy groups -OCH3 is 1. The van der Waals surface area contributed by atoms with E-state index in [0.717, 1.165) is 24.8 Å². The number of carbonyl (C=O) groups excluding carboxylic acids is 1. The van der Waals surface area contributed by atoms with Crippen LogP contribution in [0.3, 0.4) is 0 Å². The Labute approximate surface area is 113 Å². The highest BCUT2D eigenvalue weighted by molar-refractivity contribution is 5.89. The number of aliphatic hydroxyl groups is 1. The average Bonchev–Trinajstić information content (AvgIpc) is 2.38. The first kappa shape index (κ1) is 14.0. The molecule has 4 nitrogen and oxygen atoms in total. The summed E-state index contributed by atoms with van der Waals surface area (Å²) in [4.78, 5) is 12.5. The maximum Gasteiger partial charge on any atom is 0.231 e. The van der Waals surface area contributed by atoms with Crippen molar-refractivity contribution in [2.45, 2.75) is 30.7 Å². The first-order valence-electron chi connectivity index (χ1n) is 6.69. The molecule has 0 radical (unpaired) electrons. The summed E-state index contributed by atoms with van der Waals surface area (Å²) < 4.78 is 4.99. The normalized spacial score (nSPS) is 18.4. The van der Waals surface area contributed by atoms with Gasteiger partial charge in [-0.15, -0.1) is 0 Å². The number of hydrogen-bond donors (Lipinski definition) is 2. The fourth-order valence-corrected chi connectivity index (χ4v) is 2.60. The maximum absolute atomic E-state index is 12.5. The van der Waals surface area contributed by atoms with Crippen LogP contribution in [0.1, 0.15) is 24.8 Å². The lowest BCUT2D eigenvalue weighted by Crippen LogP contribution is -2.53. The Bertz CT molecular complexity index is 415. The van der Waals surface area contributed by atoms with Crippen molar-refractivity contribution in [1.29, 1.82) is 0 Å². The van der Waals surface area contributed by atoms with Crippen LogP contribution in [0, 0.1) is 0 Å². The summed E-state index contributed by atoms with van der Waals surface area (Å²) in [5.41, 5.74) is 0.649. The lowest BCUT2D eigenvalue weighted by molar-refractivity contribution is -0.131. The smallest absolute Gasteiger partial charge is 0.231 e. The lowest BCUT2D eigenvalue weighted by atomic mass is 9.63. The van der Waals surface area contributed by atoms with E-state index in [0.29, 0.717) is 6.61 Å². The molecule has 2 N–H and O–H groups in total. The van der Waals surface area contributed by atoms with Gasteiger partial charge in [0.25, 0.3) is 0 Å². The highest BCUT2D eigenvalue weighted by Crippen LogP contribution is 2.43. The van der Waals surface area contributed by atoms with E-state index in [4.69, 9.17) is 4.74 Å². The summed E-state index contributed by atoms with van der Waals surface area (Å²) in [5, 5.41) is 12.1. The van der Waals surface area contributed by atoms with Crippen LogP contribution in [-0.2, 0) is 14.9 Å². The monoisotopic (exact) mass is 263 g/mol. The Morgan fingerprint density at radius 1 is 1.42 bits per heavy atom. The minimum Gasteiger partial charge on any atom is -0.394 e. The van der Waals surface area contributed by atoms with Gasteiger partial charge in [0.05, 0.1) is 24.7 Å². The van der Waals surface area contributed by atoms with E-state index in [2.05, 4.69) is 5.32 Å². The van der Waals surface area contributed by atoms with Crippen molar-refractivity contribution < 1.29 is 14.6 Å². The topological polar surface area (TPSA) is 58.6 Å². The van der Waals surface area contributed by atoms with Crippen LogP contribution in [-0.4, -0.2) is 37.4 Å². The van der Waals surface area contributed by atoms with Crippen molar-refractivity contribution in [2.75, 3.05) is 20.3 Å². The minimum atomic E-state index is -0.414. The predicted molar refractivity (Wildman–Crippen MR) is 72.9 cm³/mol. The number of nitrogens with one attached hydrogen (secondary N) is 1. The van der Waals surface area contributed by atoms with Crippen molar-refractivity contribution >= 4 is 5.91 Å². The SMILES string of the molecule is COCC(CO)NC(=O)C1(c2ccccc2)CCC1. The summed E-state index contributed by atoms with van der Waals surface area (Å²) in [5.74, 6) is 0.000972. The van der Waals surface area contributed by atoms with Crippen molar-refractivity contribution in [2.24, 2.45) is 0 Å². The summed E-state index contributed by atoms with van der Waals surface area (Å²) >= 11 is 0. The summed E-state index contributed by atoms with van der Waals surface area (Å²) in [6, 6.07) is 9.54. The third-order valence-corrected chi connectivity index (χ3v) is 3.89. The molecule has 1 amide bonds. The lowest BCUT2D eigenvalue weighted by Gasteiger charge is -2.41. The Hall–Kier alpha value is -1.39. The van der Waals surface area contributed by atoms with E-state index >= 15 is 0 Å². The number of rotatable bonds is 6. The van der Waals surface area contributed by atoms with Gasteiger partial charge >= 0.3 is 0 Å². The molecule has 1 atom stereocenters. The number of ether oxygens (including phenoxy) is 1. The molecule has 19 heavy (non-hydrogen) atoms. The zero-order valence-corrected chi connectivity index (χ0v) is 11.3. The van der Waals surface area contributed by atoms with Crippen molar-refractivity contribution in [1.82, 2.24) is 5.32 Å². The largest absolute Gasteiger partial charge is 0.394 e. The Kier molecular flexibility index (Phi) is 4.56. The van der Waals surface area contributed by atoms with Gasteiger partial charge in [-0.25, -0.2) is 0 Å². The van der Waals surface area contributed by atoms with Gasteiger partial charge in [-0.05, 0) is 18.4 Å². The summed E-state index contributed by atoms with van der Waals surface area (Å²) in [6.07, 6.45) is 2.80. The number of amides is 1. The second-order valence-electron chi connectivity index (χ2n) is 5.11. The summed E-state index contributed by atoms with van der Waals surface area (Å²) in [7, 11) is 1.56. The molecule has 0 saturated heterocycles. The van der Waals surface area contributed by atoms with Gasteiger partial charge in [-0.3, -0.25) is 4.79 Å². The molecular formula is C15H21NO3. The Morgan fingerprint density at radius 3 is 2.58 bits per heavy atom. The van der Waals surface area contributed by atoms with Crippen LogP contribution >= 0.6 is 0 Å². The van der Waals surface area contributed by atoms with Crippen molar-refractivity contribution in [3.63, 3.8) is 0 Å². The van der Waals surface area contributed by atoms with Gasteiger partial charge in [-0.2, -0.15) is 0 Å². The van der Waals surface area contributed by atoms with E-state index < -0.39 is 5.41 Å². The quantitative estimate of drug-likeness (QED) is 0.811. The standard InChI is InChI=1S/C15H21NO3/c1-19-11-13(10-17)16-14(18)15(8-5-9-15)12-6-3-2-4-7-12/h2-4,6-7,13,17H,5,8-11H2,1H3,(H,16,18). The maximum atomic E-state index is 12.5. The van der Waals surface area contributed by atoms with E-state index in [1.54, 1.807) is 7.11 Å². The van der Waals surface area contributed by atoms with Crippen LogP contribution in [0.15, 0.2) is 30.3 Å². The highest BCUT2D eigenvalue weighted by Gasteiger charge is 2.45. The zero-order chi connectivity index (χ0) is 13.7. The van der Waals surface area contributed by atoms with Crippen LogP contribution in [0.2, 0.25) is 0 Å². The minimum absolute atomic E-state index is 0.000972. The molecule has 1 fully saturated rings. The molecule has 0 bridgehead atoms. The van der Waals surface area contributed by atoms with E-state index in [9.17, 15) is 9.90 Å². The fraction of sp³-hybridized carbons (Fsp3) is 0.533. The molecule has 1 unspecified atom stereocenters. The second kappa shape index (κ2) is 6.17. The van der Waals surface area contributed by atoms with Gasteiger partial charge in [0.15, 0.2) is 0 Å². The number of benzene rings is 1. The molecule has 0 heterocycles. The molecule has 1 aliphatic rings. The third kappa shape index (κ3) is 2.80. The number of hydrogen-bond acceptors (Lipinski definition) is 3. The Morgan fingerprint density at radius 2 is 2.11 bits per heavy atom. The van der Waals surface area contributed by atoms with Crippen molar-refractivity contribution in [3.05, 3.63) is 35.9 Å². The molecular weight excluding hydrogens is 242 g/mol. The van der Waals surface area contributed by atoms with Crippen LogP contribution in [0.5, 0.6) is 0 Å². The molecule has 4 heteroatoms. The summed E-state index contributed by atoms with van der Waals surface area (Å²) in [6.45, 7) is 0.220. The van der Waals surface area contributed by atoms with Gasteiger partial charge in [0.1, 0.15) is 0 Å². The zero-order valence-electron chi connectivity index (χ0n) is 11.3. The highest BCUT2D eigenvalue weighted by atomic mass is 16.5. The van der Waals surface area contributed by atoms with E-state index in [1.807, 2.05) is 30.3 Å². The van der Waals surface area contributed by atoms with E-state index in [1.165, 1.54) is 0 Å². The fourth-order valence-electron chi connectivity index (χ4n) is 2.60. The molecule has 1 aliphatic carbocycles. The second-order valence-corrected chi connectivity index (χ2v) is 5.11. The van der Waals surface area contributed by atoms with Gasteiger partial charge in [0.2, 0.25) is 5.91 Å². The predicted octanol–water partition coefficient (Wildman–Crippen LogP) is 1.23. The van der Waals surface area contributed by atoms with E-state index in [-0.39, 0.29) is 18.6 Å². The van der Waals surface area contributed by atoms with Crippen LogP contribution < -0.4 is 5.32 Å². The van der Waals surface area contributed by atoms with Gasteiger partial charge in [0, 0.05) is 7.11 Å². The molecule has 0 aromatic heterocycles. The number of carbonyl (C=O) groups is 1. The number of aliphatic hydroxyl groups excluding tert-OH is 1. The molecule has 0 spiro atoms. The molecule has 1 aromatic carbocycles. The van der Waals surface area contributed by atoms with Gasteiger partial charge in [-0.1, -0.05) is 36.8 Å². The third-order valence-electron chi connectivity index (χ3n) is 3.89. The average molecular weight is 263 g/mol. The van der Waals surface area contributed by atoms with Gasteiger partial charge < -0.3 is 15.2 Å². The Balaban J connectivity index is 2.11. The molecule has 1 saturated carbocycles. The van der Waals surface area contributed by atoms with Crippen LogP contribution in [0.25, 0.3) is 0 Å². The molecule has 0 aliphatic heterocycles.